The van der Waals surface area contributed by atoms with E-state index in [1.807, 2.05) is 60.7 Å². The molecule has 0 saturated carbocycles. The van der Waals surface area contributed by atoms with E-state index in [4.69, 9.17) is 21.1 Å². The number of hydrogen-bond donors (Lipinski definition) is 0. The fourth-order valence-corrected chi connectivity index (χ4v) is 5.47. The van der Waals surface area contributed by atoms with Crippen molar-refractivity contribution in [1.29, 1.82) is 5.26 Å². The van der Waals surface area contributed by atoms with Gasteiger partial charge in [0, 0.05) is 22.8 Å². The van der Waals surface area contributed by atoms with E-state index in [1.54, 1.807) is 0 Å². The van der Waals surface area contributed by atoms with Crippen LogP contribution in [0.1, 0.15) is 28.7 Å². The number of benzene rings is 3. The summed E-state index contributed by atoms with van der Waals surface area (Å²) in [6, 6.07) is 21.4. The first-order valence-corrected chi connectivity index (χ1v) is 10.9. The lowest BCUT2D eigenvalue weighted by molar-refractivity contribution is -0.134. The van der Waals surface area contributed by atoms with Crippen LogP contribution in [0.15, 0.2) is 60.7 Å². The lowest BCUT2D eigenvalue weighted by atomic mass is 9.77. The maximum absolute atomic E-state index is 14.6. The molecule has 33 heavy (non-hydrogen) atoms. The molecule has 0 bridgehead atoms. The van der Waals surface area contributed by atoms with Crippen LogP contribution in [0.5, 0.6) is 17.2 Å². The standard InChI is InChI=1S/C27H21N2O4/c1-18-7-9-19(10-8-18)15-29(12-4-11-28)22-6-3-2-5-20(22)27(26(29)30)16-31-23-14-25-24(13-21(23)27)32-17-33-25/h1-3,5-10,13-14H,4,12,15-17H2/q+1. The molecule has 3 aromatic rings. The van der Waals surface area contributed by atoms with E-state index < -0.39 is 5.41 Å². The van der Waals surface area contributed by atoms with Gasteiger partial charge in [-0.2, -0.15) is 5.26 Å². The highest BCUT2D eigenvalue weighted by Gasteiger charge is 2.66. The van der Waals surface area contributed by atoms with Crippen LogP contribution in [0.2, 0.25) is 0 Å². The molecule has 0 aromatic heterocycles. The van der Waals surface area contributed by atoms with Crippen LogP contribution in [-0.2, 0) is 16.8 Å². The van der Waals surface area contributed by atoms with Gasteiger partial charge in [-0.15, -0.1) is 0 Å². The van der Waals surface area contributed by atoms with E-state index in [1.165, 1.54) is 0 Å². The van der Waals surface area contributed by atoms with Crippen LogP contribution >= 0.6 is 0 Å². The summed E-state index contributed by atoms with van der Waals surface area (Å²) in [7, 11) is 0. The van der Waals surface area contributed by atoms with Crippen LogP contribution in [-0.4, -0.2) is 25.9 Å². The van der Waals surface area contributed by atoms with Gasteiger partial charge >= 0.3 is 5.91 Å². The molecular formula is C27H21N2O4+. The third-order valence-corrected chi connectivity index (χ3v) is 7.00. The summed E-state index contributed by atoms with van der Waals surface area (Å²) in [6.07, 6.45) is 0.250. The number of carbonyl (C=O) groups is 1. The van der Waals surface area contributed by atoms with Crippen molar-refractivity contribution in [3.05, 3.63) is 89.8 Å². The molecule has 2 unspecified atom stereocenters. The molecule has 3 aliphatic rings. The van der Waals surface area contributed by atoms with Crippen molar-refractivity contribution in [2.75, 3.05) is 19.9 Å². The van der Waals surface area contributed by atoms with E-state index in [2.05, 4.69) is 6.07 Å². The first-order chi connectivity index (χ1) is 16.1. The SMILES string of the molecule is [CH]c1ccc(C[N+]2(CCC#N)C(=O)C3(COc4cc5c(cc43)OCO5)c3ccccc32)cc1. The summed E-state index contributed by atoms with van der Waals surface area (Å²) >= 11 is 0. The third-order valence-electron chi connectivity index (χ3n) is 7.00. The Kier molecular flexibility index (Phi) is 4.26. The summed E-state index contributed by atoms with van der Waals surface area (Å²) in [4.78, 5) is 14.6. The van der Waals surface area contributed by atoms with Gasteiger partial charge in [-0.1, -0.05) is 42.5 Å². The Bertz CT molecular complexity index is 1330. The Morgan fingerprint density at radius 3 is 2.52 bits per heavy atom. The zero-order valence-corrected chi connectivity index (χ0v) is 17.9. The molecule has 3 heterocycles. The van der Waals surface area contributed by atoms with Gasteiger partial charge in [0.1, 0.15) is 31.1 Å². The monoisotopic (exact) mass is 437 g/mol. The summed E-state index contributed by atoms with van der Waals surface area (Å²) in [5.41, 5.74) is 3.28. The molecule has 0 aliphatic carbocycles. The number of para-hydroxylation sites is 1. The van der Waals surface area contributed by atoms with E-state index in [0.717, 1.165) is 22.4 Å². The van der Waals surface area contributed by atoms with E-state index in [9.17, 15) is 10.1 Å². The lowest BCUT2D eigenvalue weighted by Crippen LogP contribution is -2.57. The van der Waals surface area contributed by atoms with Crippen molar-refractivity contribution < 1.29 is 19.0 Å². The Labute approximate surface area is 192 Å². The Morgan fingerprint density at radius 1 is 0.970 bits per heavy atom. The van der Waals surface area contributed by atoms with Gasteiger partial charge in [0.25, 0.3) is 0 Å². The van der Waals surface area contributed by atoms with Crippen molar-refractivity contribution in [3.63, 3.8) is 0 Å². The van der Waals surface area contributed by atoms with Gasteiger partial charge in [-0.05, 0) is 24.6 Å². The number of nitrogens with zero attached hydrogens (tertiary/aromatic N) is 2. The Hall–Kier alpha value is -3.82. The molecule has 1 amide bonds. The number of carbonyl (C=O) groups excluding carboxylic acids is 1. The van der Waals surface area contributed by atoms with Gasteiger partial charge in [0.05, 0.1) is 12.5 Å². The van der Waals surface area contributed by atoms with Crippen LogP contribution in [0.25, 0.3) is 0 Å². The number of quaternary nitrogens is 1. The molecule has 0 saturated heterocycles. The highest BCUT2D eigenvalue weighted by Crippen LogP contribution is 2.57. The van der Waals surface area contributed by atoms with E-state index in [-0.39, 0.29) is 30.2 Å². The molecule has 1 spiro atoms. The fraction of sp³-hybridized carbons (Fsp3) is 0.222. The molecule has 3 aromatic carbocycles. The molecule has 0 N–H and O–H groups in total. The third kappa shape index (κ3) is 2.66. The number of rotatable bonds is 4. The summed E-state index contributed by atoms with van der Waals surface area (Å²) in [6.45, 7) is 7.05. The van der Waals surface area contributed by atoms with Gasteiger partial charge in [0.2, 0.25) is 6.79 Å². The minimum absolute atomic E-state index is 0.00777. The van der Waals surface area contributed by atoms with Gasteiger partial charge < -0.3 is 14.2 Å². The average molecular weight is 437 g/mol. The predicted octanol–water partition coefficient (Wildman–Crippen LogP) is 4.11. The summed E-state index contributed by atoms with van der Waals surface area (Å²) in [5.74, 6) is 1.88. The van der Waals surface area contributed by atoms with Crippen molar-refractivity contribution >= 4 is 11.6 Å². The second-order valence-electron chi connectivity index (χ2n) is 8.72. The molecule has 0 fully saturated rings. The van der Waals surface area contributed by atoms with Crippen molar-refractivity contribution in [2.24, 2.45) is 0 Å². The average Bonchev–Trinajstić information content (AvgIpc) is 3.50. The largest absolute Gasteiger partial charge is 0.491 e. The molecule has 6 rings (SSSR count). The highest BCUT2D eigenvalue weighted by atomic mass is 16.7. The smallest absolute Gasteiger partial charge is 0.338 e. The van der Waals surface area contributed by atoms with Crippen molar-refractivity contribution in [1.82, 2.24) is 4.48 Å². The van der Waals surface area contributed by atoms with Crippen LogP contribution < -0.4 is 18.7 Å². The number of fused-ring (bicyclic) bond motifs is 5. The summed E-state index contributed by atoms with van der Waals surface area (Å²) in [5, 5.41) is 9.46. The molecule has 6 heteroatoms. The molecule has 162 valence electrons. The zero-order chi connectivity index (χ0) is 22.6. The number of ether oxygens (including phenoxy) is 3. The van der Waals surface area contributed by atoms with Crippen LogP contribution in [0.4, 0.5) is 5.69 Å². The zero-order valence-electron chi connectivity index (χ0n) is 17.9. The number of amides is 1. The predicted molar refractivity (Wildman–Crippen MR) is 121 cm³/mol. The van der Waals surface area contributed by atoms with Gasteiger partial charge in [0.15, 0.2) is 16.9 Å². The van der Waals surface area contributed by atoms with Crippen LogP contribution in [0.3, 0.4) is 0 Å². The summed E-state index contributed by atoms with van der Waals surface area (Å²) < 4.78 is 17.3. The number of nitriles is 1. The van der Waals surface area contributed by atoms with E-state index >= 15 is 0 Å². The highest BCUT2D eigenvalue weighted by molar-refractivity contribution is 6.08. The topological polar surface area (TPSA) is 68.6 Å². The number of hydrogen-bond acceptors (Lipinski definition) is 5. The first kappa shape index (κ1) is 19.8. The van der Waals surface area contributed by atoms with Gasteiger partial charge in [-0.3, -0.25) is 0 Å². The first-order valence-electron chi connectivity index (χ1n) is 10.9. The minimum Gasteiger partial charge on any atom is -0.491 e. The maximum atomic E-state index is 14.6. The quantitative estimate of drug-likeness (QED) is 0.575. The molecular weight excluding hydrogens is 416 g/mol. The molecule has 2 radical (unpaired) electrons. The van der Waals surface area contributed by atoms with Crippen LogP contribution in [0, 0.1) is 18.3 Å². The molecule has 6 nitrogen and oxygen atoms in total. The fourth-order valence-electron chi connectivity index (χ4n) is 5.47. The molecule has 3 aliphatic heterocycles. The minimum atomic E-state index is -0.976. The normalized spacial score (nSPS) is 23.8. The Balaban J connectivity index is 1.56. The van der Waals surface area contributed by atoms with Gasteiger partial charge in [-0.25, -0.2) is 9.28 Å². The van der Waals surface area contributed by atoms with E-state index in [0.29, 0.717) is 35.9 Å². The second-order valence-corrected chi connectivity index (χ2v) is 8.72. The van der Waals surface area contributed by atoms with Crippen molar-refractivity contribution in [2.45, 2.75) is 18.4 Å². The van der Waals surface area contributed by atoms with Crippen molar-refractivity contribution in [3.8, 4) is 23.3 Å². The molecule has 2 atom stereocenters. The lowest BCUT2D eigenvalue weighted by Gasteiger charge is -2.33. The maximum Gasteiger partial charge on any atom is 0.338 e. The second kappa shape index (κ2) is 7.09. The Morgan fingerprint density at radius 2 is 1.73 bits per heavy atom.